The molecule has 4 rings (SSSR count). The maximum Gasteiger partial charge on any atom is 0.244 e. The van der Waals surface area contributed by atoms with Crippen LogP contribution in [0.2, 0.25) is 0 Å². The third-order valence-electron chi connectivity index (χ3n) is 5.96. The van der Waals surface area contributed by atoms with Crippen LogP contribution in [0, 0.1) is 18.8 Å². The average Bonchev–Trinajstić information content (AvgIpc) is 3.41. The Labute approximate surface area is 169 Å². The first-order valence-corrected chi connectivity index (χ1v) is 9.98. The summed E-state index contributed by atoms with van der Waals surface area (Å²) in [5.41, 5.74) is 7.93. The summed E-state index contributed by atoms with van der Waals surface area (Å²) in [5.74, 6) is 0.630. The number of primary amides is 1. The van der Waals surface area contributed by atoms with E-state index in [1.807, 2.05) is 32.1 Å². The Kier molecular flexibility index (Phi) is 5.04. The molecule has 0 aliphatic heterocycles. The minimum absolute atomic E-state index is 0.0835. The SMILES string of the molecule is Cc1ccc(C2=CC([C@H](C)CO)(n3nnnc3CC3CC3)CC(C(N)=O)=C2)nc1. The second-order valence-corrected chi connectivity index (χ2v) is 8.26. The molecule has 1 unspecified atom stereocenters. The lowest BCUT2D eigenvalue weighted by Crippen LogP contribution is -2.45. The van der Waals surface area contributed by atoms with Crippen molar-refractivity contribution in [3.05, 3.63) is 53.1 Å². The summed E-state index contributed by atoms with van der Waals surface area (Å²) in [4.78, 5) is 16.7. The highest BCUT2D eigenvalue weighted by molar-refractivity contribution is 5.96. The van der Waals surface area contributed by atoms with Crippen LogP contribution in [0.1, 0.15) is 43.3 Å². The van der Waals surface area contributed by atoms with Gasteiger partial charge in [-0.2, -0.15) is 0 Å². The van der Waals surface area contributed by atoms with Gasteiger partial charge in [-0.25, -0.2) is 4.68 Å². The van der Waals surface area contributed by atoms with Gasteiger partial charge in [-0.1, -0.05) is 13.0 Å². The molecule has 2 aliphatic rings. The van der Waals surface area contributed by atoms with Gasteiger partial charge in [0.15, 0.2) is 5.82 Å². The van der Waals surface area contributed by atoms with E-state index in [0.717, 1.165) is 29.1 Å². The molecule has 0 radical (unpaired) electrons. The number of nitrogens with two attached hydrogens (primary N) is 1. The second-order valence-electron chi connectivity index (χ2n) is 8.26. The van der Waals surface area contributed by atoms with E-state index >= 15 is 0 Å². The number of tetrazole rings is 1. The van der Waals surface area contributed by atoms with E-state index in [1.165, 1.54) is 12.8 Å². The fourth-order valence-electron chi connectivity index (χ4n) is 3.91. The van der Waals surface area contributed by atoms with Gasteiger partial charge >= 0.3 is 0 Å². The molecule has 2 aromatic rings. The van der Waals surface area contributed by atoms with Crippen molar-refractivity contribution < 1.29 is 9.90 Å². The zero-order valence-electron chi connectivity index (χ0n) is 16.7. The lowest BCUT2D eigenvalue weighted by atomic mass is 9.74. The monoisotopic (exact) mass is 394 g/mol. The van der Waals surface area contributed by atoms with Crippen LogP contribution in [0.3, 0.4) is 0 Å². The summed E-state index contributed by atoms with van der Waals surface area (Å²) < 4.78 is 1.79. The quantitative estimate of drug-likeness (QED) is 0.735. The van der Waals surface area contributed by atoms with Crippen molar-refractivity contribution in [1.29, 1.82) is 0 Å². The Balaban J connectivity index is 1.87. The van der Waals surface area contributed by atoms with Crippen molar-refractivity contribution in [1.82, 2.24) is 25.2 Å². The van der Waals surface area contributed by atoms with Gasteiger partial charge in [0, 0.05) is 37.1 Å². The molecule has 1 fully saturated rings. The lowest BCUT2D eigenvalue weighted by Gasteiger charge is -2.39. The number of aromatic nitrogens is 5. The summed E-state index contributed by atoms with van der Waals surface area (Å²) in [7, 11) is 0. The molecule has 0 bridgehead atoms. The van der Waals surface area contributed by atoms with E-state index in [-0.39, 0.29) is 12.5 Å². The number of hydrogen-bond donors (Lipinski definition) is 2. The molecule has 0 aromatic carbocycles. The van der Waals surface area contributed by atoms with Gasteiger partial charge in [-0.05, 0) is 65.5 Å². The number of rotatable bonds is 7. The summed E-state index contributed by atoms with van der Waals surface area (Å²) >= 11 is 0. The Morgan fingerprint density at radius 3 is 2.83 bits per heavy atom. The molecule has 29 heavy (non-hydrogen) atoms. The smallest absolute Gasteiger partial charge is 0.244 e. The molecule has 2 atom stereocenters. The fraction of sp³-hybridized carbons (Fsp3) is 0.476. The standard InChI is InChI=1S/C21H26N6O2/c1-13-3-6-18(23-11-13)16-8-17(20(22)29)10-21(9-16,14(2)12-28)27-19(24-25-26-27)7-15-4-5-15/h3,6,8-9,11,14-15,28H,4-5,7,10,12H2,1-2H3,(H2,22,29)/t14-,21?/m1/s1. The van der Waals surface area contributed by atoms with Crippen LogP contribution in [-0.4, -0.2) is 42.8 Å². The first-order valence-electron chi connectivity index (χ1n) is 9.98. The predicted molar refractivity (Wildman–Crippen MR) is 107 cm³/mol. The number of hydrogen-bond acceptors (Lipinski definition) is 6. The number of pyridine rings is 1. The summed E-state index contributed by atoms with van der Waals surface area (Å²) in [5, 5.41) is 22.6. The van der Waals surface area contributed by atoms with E-state index in [4.69, 9.17) is 5.73 Å². The van der Waals surface area contributed by atoms with Gasteiger partial charge in [0.25, 0.3) is 0 Å². The Morgan fingerprint density at radius 1 is 1.41 bits per heavy atom. The van der Waals surface area contributed by atoms with Crippen molar-refractivity contribution in [3.8, 4) is 0 Å². The third kappa shape index (κ3) is 3.72. The molecule has 2 aromatic heterocycles. The van der Waals surface area contributed by atoms with Crippen LogP contribution in [-0.2, 0) is 16.8 Å². The van der Waals surface area contributed by atoms with Crippen molar-refractivity contribution in [3.63, 3.8) is 0 Å². The van der Waals surface area contributed by atoms with Gasteiger partial charge in [-0.15, -0.1) is 5.10 Å². The van der Waals surface area contributed by atoms with E-state index in [1.54, 1.807) is 17.0 Å². The second kappa shape index (κ2) is 7.51. The minimum Gasteiger partial charge on any atom is -0.396 e. The summed E-state index contributed by atoms with van der Waals surface area (Å²) in [6.07, 6.45) is 9.07. The van der Waals surface area contributed by atoms with Crippen LogP contribution in [0.5, 0.6) is 0 Å². The van der Waals surface area contributed by atoms with E-state index in [2.05, 4.69) is 20.5 Å². The van der Waals surface area contributed by atoms with Crippen molar-refractivity contribution in [2.24, 2.45) is 17.6 Å². The molecule has 3 N–H and O–H groups in total. The van der Waals surface area contributed by atoms with Crippen LogP contribution in [0.4, 0.5) is 0 Å². The number of amides is 1. The number of allylic oxidation sites excluding steroid dienone is 3. The highest BCUT2D eigenvalue weighted by Gasteiger charge is 2.43. The molecule has 1 saturated carbocycles. The Morgan fingerprint density at radius 2 is 2.21 bits per heavy atom. The van der Waals surface area contributed by atoms with Crippen LogP contribution >= 0.6 is 0 Å². The number of aliphatic hydroxyl groups excluding tert-OH is 1. The molecule has 1 amide bonds. The van der Waals surface area contributed by atoms with E-state index in [9.17, 15) is 9.90 Å². The fourth-order valence-corrected chi connectivity index (χ4v) is 3.91. The van der Waals surface area contributed by atoms with Crippen molar-refractivity contribution >= 4 is 11.5 Å². The molecule has 2 aliphatic carbocycles. The number of aliphatic hydroxyl groups is 1. The zero-order valence-corrected chi connectivity index (χ0v) is 16.7. The molecule has 2 heterocycles. The number of carbonyl (C=O) groups excluding carboxylic acids is 1. The Hall–Kier alpha value is -2.87. The Bertz CT molecular complexity index is 973. The molecule has 8 nitrogen and oxygen atoms in total. The largest absolute Gasteiger partial charge is 0.396 e. The first-order chi connectivity index (χ1) is 13.9. The maximum atomic E-state index is 12.2. The minimum atomic E-state index is -0.802. The zero-order chi connectivity index (χ0) is 20.6. The summed E-state index contributed by atoms with van der Waals surface area (Å²) in [6.45, 7) is 3.82. The average molecular weight is 394 g/mol. The van der Waals surface area contributed by atoms with Gasteiger partial charge in [0.05, 0.1) is 11.2 Å². The lowest BCUT2D eigenvalue weighted by molar-refractivity contribution is -0.115. The van der Waals surface area contributed by atoms with Gasteiger partial charge in [-0.3, -0.25) is 9.78 Å². The third-order valence-corrected chi connectivity index (χ3v) is 5.96. The van der Waals surface area contributed by atoms with Crippen LogP contribution in [0.25, 0.3) is 5.57 Å². The van der Waals surface area contributed by atoms with E-state index in [0.29, 0.717) is 17.9 Å². The number of aryl methyl sites for hydroxylation is 1. The molecular weight excluding hydrogens is 368 g/mol. The molecule has 0 saturated heterocycles. The molecule has 8 heteroatoms. The molecule has 152 valence electrons. The predicted octanol–water partition coefficient (Wildman–Crippen LogP) is 1.55. The highest BCUT2D eigenvalue weighted by atomic mass is 16.3. The molecule has 0 spiro atoms. The van der Waals surface area contributed by atoms with Gasteiger partial charge in [0.1, 0.15) is 0 Å². The molecular formula is C21H26N6O2. The number of carbonyl (C=O) groups is 1. The number of nitrogens with zero attached hydrogens (tertiary/aromatic N) is 5. The van der Waals surface area contributed by atoms with Crippen molar-refractivity contribution in [2.75, 3.05) is 6.61 Å². The van der Waals surface area contributed by atoms with Crippen LogP contribution < -0.4 is 5.73 Å². The maximum absolute atomic E-state index is 12.2. The summed E-state index contributed by atoms with van der Waals surface area (Å²) in [6, 6.07) is 3.89. The van der Waals surface area contributed by atoms with Gasteiger partial charge in [0.2, 0.25) is 5.91 Å². The van der Waals surface area contributed by atoms with Crippen LogP contribution in [0.15, 0.2) is 36.1 Å². The normalized spacial score (nSPS) is 22.7. The van der Waals surface area contributed by atoms with Crippen molar-refractivity contribution in [2.45, 2.75) is 45.1 Å². The van der Waals surface area contributed by atoms with Gasteiger partial charge < -0.3 is 10.8 Å². The highest BCUT2D eigenvalue weighted by Crippen LogP contribution is 2.42. The topological polar surface area (TPSA) is 120 Å². The first kappa shape index (κ1) is 19.4. The van der Waals surface area contributed by atoms with E-state index < -0.39 is 11.4 Å².